The van der Waals surface area contributed by atoms with Gasteiger partial charge in [-0.25, -0.2) is 0 Å². The Kier molecular flexibility index (Phi) is 4.11. The van der Waals surface area contributed by atoms with Crippen LogP contribution in [0.25, 0.3) is 0 Å². The van der Waals surface area contributed by atoms with Crippen LogP contribution < -0.4 is 5.56 Å². The molecule has 1 fully saturated rings. The molecule has 1 aliphatic carbocycles. The van der Waals surface area contributed by atoms with Crippen molar-refractivity contribution in [1.29, 1.82) is 5.26 Å². The quantitative estimate of drug-likeness (QED) is 0.636. The third kappa shape index (κ3) is 2.83. The fourth-order valence-corrected chi connectivity index (χ4v) is 2.56. The lowest BCUT2D eigenvalue weighted by Crippen LogP contribution is -2.39. The number of pyridine rings is 1. The number of rotatable bonds is 3. The number of hydrogen-bond acceptors (Lipinski definition) is 4. The second kappa shape index (κ2) is 5.50. The minimum absolute atomic E-state index is 0.0338. The molecule has 8 heteroatoms. The van der Waals surface area contributed by atoms with E-state index in [9.17, 15) is 18.0 Å². The molecule has 0 amide bonds. The van der Waals surface area contributed by atoms with Gasteiger partial charge in [-0.3, -0.25) is 4.79 Å². The second-order valence-electron chi connectivity index (χ2n) is 4.48. The van der Waals surface area contributed by atoms with Crippen LogP contribution in [0.3, 0.4) is 0 Å². The molecule has 108 valence electrons. The van der Waals surface area contributed by atoms with E-state index < -0.39 is 17.3 Å². The van der Waals surface area contributed by atoms with E-state index >= 15 is 0 Å². The highest BCUT2D eigenvalue weighted by Crippen LogP contribution is 2.35. The van der Waals surface area contributed by atoms with E-state index in [-0.39, 0.29) is 17.0 Å². The average molecular weight is 304 g/mol. The summed E-state index contributed by atoms with van der Waals surface area (Å²) in [7, 11) is 1.52. The summed E-state index contributed by atoms with van der Waals surface area (Å²) in [6.45, 7) is 0. The van der Waals surface area contributed by atoms with E-state index in [1.165, 1.54) is 13.3 Å². The first-order chi connectivity index (χ1) is 9.36. The van der Waals surface area contributed by atoms with Gasteiger partial charge in [0.15, 0.2) is 0 Å². The van der Waals surface area contributed by atoms with Crippen LogP contribution in [0, 0.1) is 10.7 Å². The first kappa shape index (κ1) is 14.9. The summed E-state index contributed by atoms with van der Waals surface area (Å²) >= 11 is 0.602. The maximum absolute atomic E-state index is 12.8. The van der Waals surface area contributed by atoms with Crippen molar-refractivity contribution in [3.05, 3.63) is 28.2 Å². The van der Waals surface area contributed by atoms with Crippen molar-refractivity contribution in [2.24, 2.45) is 0 Å². The number of nitrogens with zero attached hydrogens (tertiary/aromatic N) is 2. The fraction of sp³-hybridized carbons (Fsp3) is 0.500. The minimum atomic E-state index is -4.73. The number of thiocyanates is 1. The van der Waals surface area contributed by atoms with Gasteiger partial charge in [0, 0.05) is 24.2 Å². The molecule has 0 unspecified atom stereocenters. The zero-order valence-corrected chi connectivity index (χ0v) is 11.3. The summed E-state index contributed by atoms with van der Waals surface area (Å²) in [4.78, 5) is 12.0. The van der Waals surface area contributed by atoms with Gasteiger partial charge in [-0.1, -0.05) is 0 Å². The molecule has 0 atom stereocenters. The standard InChI is InChI=1S/C12H11F3N2O2S/c1-19-8-2-7(3-8)17-5-9(20-6-16)4-10(11(17)18)12(13,14)15/h4-5,7-8H,2-3H2,1H3/t7-,8+. The zero-order valence-electron chi connectivity index (χ0n) is 10.5. The van der Waals surface area contributed by atoms with Crippen molar-refractivity contribution < 1.29 is 17.9 Å². The summed E-state index contributed by atoms with van der Waals surface area (Å²) in [6, 6.07) is 0.409. The summed E-state index contributed by atoms with van der Waals surface area (Å²) < 4.78 is 44.7. The van der Waals surface area contributed by atoms with Crippen LogP contribution in [0.5, 0.6) is 0 Å². The average Bonchev–Trinajstić information content (AvgIpc) is 2.30. The van der Waals surface area contributed by atoms with Crippen molar-refractivity contribution in [3.8, 4) is 5.40 Å². The summed E-state index contributed by atoms with van der Waals surface area (Å²) in [5.41, 5.74) is -2.31. The number of aromatic nitrogens is 1. The Labute approximate surface area is 117 Å². The topological polar surface area (TPSA) is 55.0 Å². The van der Waals surface area contributed by atoms with Crippen molar-refractivity contribution in [1.82, 2.24) is 4.57 Å². The second-order valence-corrected chi connectivity index (χ2v) is 5.33. The molecule has 0 N–H and O–H groups in total. The Balaban J connectivity index is 2.43. The third-order valence-electron chi connectivity index (χ3n) is 3.28. The highest BCUT2D eigenvalue weighted by molar-refractivity contribution is 8.03. The Morgan fingerprint density at radius 1 is 1.50 bits per heavy atom. The molecule has 0 bridgehead atoms. The van der Waals surface area contributed by atoms with Gasteiger partial charge in [-0.05, 0) is 30.7 Å². The molecule has 2 rings (SSSR count). The van der Waals surface area contributed by atoms with Crippen LogP contribution in [-0.4, -0.2) is 17.8 Å². The van der Waals surface area contributed by atoms with E-state index in [1.807, 2.05) is 0 Å². The number of hydrogen-bond donors (Lipinski definition) is 0. The van der Waals surface area contributed by atoms with E-state index in [1.54, 1.807) is 5.40 Å². The molecule has 1 heterocycles. The lowest BCUT2D eigenvalue weighted by atomic mass is 9.89. The number of methoxy groups -OCH3 is 1. The third-order valence-corrected chi connectivity index (χ3v) is 3.83. The Morgan fingerprint density at radius 2 is 2.15 bits per heavy atom. The van der Waals surface area contributed by atoms with Crippen LogP contribution >= 0.6 is 11.8 Å². The van der Waals surface area contributed by atoms with Crippen LogP contribution in [0.4, 0.5) is 13.2 Å². The van der Waals surface area contributed by atoms with Crippen LogP contribution in [0.2, 0.25) is 0 Å². The van der Waals surface area contributed by atoms with Crippen molar-refractivity contribution in [2.45, 2.75) is 36.1 Å². The maximum atomic E-state index is 12.8. The van der Waals surface area contributed by atoms with Gasteiger partial charge < -0.3 is 9.30 Å². The van der Waals surface area contributed by atoms with Gasteiger partial charge in [-0.2, -0.15) is 18.4 Å². The number of ether oxygens (including phenoxy) is 1. The van der Waals surface area contributed by atoms with Crippen LogP contribution in [-0.2, 0) is 10.9 Å². The first-order valence-corrected chi connectivity index (χ1v) is 6.60. The largest absolute Gasteiger partial charge is 0.421 e. The van der Waals surface area contributed by atoms with E-state index in [2.05, 4.69) is 0 Å². The molecule has 4 nitrogen and oxygen atoms in total. The molecule has 20 heavy (non-hydrogen) atoms. The van der Waals surface area contributed by atoms with Gasteiger partial charge in [0.25, 0.3) is 5.56 Å². The number of thioether (sulfide) groups is 1. The SMILES string of the molecule is CO[C@H]1C[C@@H](n2cc(SC#N)cc(C(F)(F)F)c2=O)C1. The Hall–Kier alpha value is -1.46. The molecule has 0 radical (unpaired) electrons. The van der Waals surface area contributed by atoms with Crippen LogP contribution in [0.15, 0.2) is 22.0 Å². The Bertz CT molecular complexity index is 600. The molecule has 0 saturated heterocycles. The van der Waals surface area contributed by atoms with E-state index in [4.69, 9.17) is 10.00 Å². The summed E-state index contributed by atoms with van der Waals surface area (Å²) in [5, 5.41) is 10.3. The lowest BCUT2D eigenvalue weighted by molar-refractivity contribution is -0.139. The molecule has 1 aromatic heterocycles. The normalized spacial score (nSPS) is 22.1. The Morgan fingerprint density at radius 3 is 2.65 bits per heavy atom. The number of alkyl halides is 3. The van der Waals surface area contributed by atoms with Gasteiger partial charge in [0.2, 0.25) is 0 Å². The van der Waals surface area contributed by atoms with Gasteiger partial charge in [0.05, 0.1) is 6.10 Å². The highest BCUT2D eigenvalue weighted by atomic mass is 32.2. The predicted octanol–water partition coefficient (Wildman–Crippen LogP) is 2.79. The van der Waals surface area contributed by atoms with Gasteiger partial charge in [-0.15, -0.1) is 0 Å². The number of nitriles is 1. The molecular formula is C12H11F3N2O2S. The predicted molar refractivity (Wildman–Crippen MR) is 66.2 cm³/mol. The molecule has 1 saturated carbocycles. The molecule has 0 spiro atoms. The molecule has 1 aromatic rings. The fourth-order valence-electron chi connectivity index (χ4n) is 2.12. The van der Waals surface area contributed by atoms with Crippen LogP contribution in [0.1, 0.15) is 24.4 Å². The van der Waals surface area contributed by atoms with E-state index in [0.29, 0.717) is 24.6 Å². The molecule has 0 aromatic carbocycles. The highest BCUT2D eigenvalue weighted by Gasteiger charge is 2.38. The monoisotopic (exact) mass is 304 g/mol. The number of halogens is 3. The lowest BCUT2D eigenvalue weighted by Gasteiger charge is -2.35. The van der Waals surface area contributed by atoms with Crippen molar-refractivity contribution in [3.63, 3.8) is 0 Å². The summed E-state index contributed by atoms with van der Waals surface area (Å²) in [5.74, 6) is 0. The van der Waals surface area contributed by atoms with Crippen molar-refractivity contribution >= 4 is 11.8 Å². The first-order valence-electron chi connectivity index (χ1n) is 5.79. The molecule has 0 aliphatic heterocycles. The van der Waals surface area contributed by atoms with Gasteiger partial charge in [0.1, 0.15) is 11.0 Å². The zero-order chi connectivity index (χ0) is 14.9. The smallest absolute Gasteiger partial charge is 0.381 e. The molecular weight excluding hydrogens is 293 g/mol. The van der Waals surface area contributed by atoms with E-state index in [0.717, 1.165) is 10.6 Å². The van der Waals surface area contributed by atoms with Gasteiger partial charge >= 0.3 is 6.18 Å². The summed E-state index contributed by atoms with van der Waals surface area (Å²) in [6.07, 6.45) is -2.46. The minimum Gasteiger partial charge on any atom is -0.381 e. The maximum Gasteiger partial charge on any atom is 0.421 e. The van der Waals surface area contributed by atoms with Crippen molar-refractivity contribution in [2.75, 3.05) is 7.11 Å². The molecule has 1 aliphatic rings.